The molecule has 1 aromatic heterocycles. The molecule has 0 unspecified atom stereocenters. The van der Waals surface area contributed by atoms with Crippen molar-refractivity contribution in [2.45, 2.75) is 25.9 Å². The Hall–Kier alpha value is -1.61. The van der Waals surface area contributed by atoms with Crippen LogP contribution in [0, 0.1) is 0 Å². The van der Waals surface area contributed by atoms with Crippen LogP contribution in [0.5, 0.6) is 0 Å². The smallest absolute Gasteiger partial charge is 0.112 e. The quantitative estimate of drug-likeness (QED) is 0.878. The van der Waals surface area contributed by atoms with E-state index in [2.05, 4.69) is 4.98 Å². The Morgan fingerprint density at radius 3 is 2.35 bits per heavy atom. The minimum atomic E-state index is -0.776. The first-order valence-corrected chi connectivity index (χ1v) is 5.75. The molecule has 0 aliphatic rings. The second-order valence-corrected chi connectivity index (χ2v) is 4.89. The molecule has 1 aromatic carbocycles. The second-order valence-electron chi connectivity index (χ2n) is 4.89. The topological polar surface area (TPSA) is 38.0 Å². The first kappa shape index (κ1) is 11.9. The Bertz CT molecular complexity index is 492. The van der Waals surface area contributed by atoms with Gasteiger partial charge in [0.1, 0.15) is 5.82 Å². The molecule has 2 aromatic rings. The molecule has 17 heavy (non-hydrogen) atoms. The Kier molecular flexibility index (Phi) is 3.03. The molecular formula is C14H18N2O. The van der Waals surface area contributed by atoms with Crippen LogP contribution in [0.1, 0.15) is 30.8 Å². The average molecular weight is 230 g/mol. The van der Waals surface area contributed by atoms with Gasteiger partial charge in [-0.2, -0.15) is 0 Å². The highest BCUT2D eigenvalue weighted by atomic mass is 16.3. The summed E-state index contributed by atoms with van der Waals surface area (Å²) in [5.74, 6) is 1.04. The number of aryl methyl sites for hydroxylation is 1. The van der Waals surface area contributed by atoms with Gasteiger partial charge in [0.05, 0.1) is 5.60 Å². The summed E-state index contributed by atoms with van der Waals surface area (Å²) in [6, 6.07) is 8.03. The molecule has 1 N–H and O–H groups in total. The van der Waals surface area contributed by atoms with Crippen molar-refractivity contribution in [2.75, 3.05) is 0 Å². The Balaban J connectivity index is 2.17. The van der Waals surface area contributed by atoms with E-state index in [9.17, 15) is 5.11 Å². The van der Waals surface area contributed by atoms with Gasteiger partial charge >= 0.3 is 0 Å². The van der Waals surface area contributed by atoms with Crippen molar-refractivity contribution in [3.05, 3.63) is 53.6 Å². The van der Waals surface area contributed by atoms with Gasteiger partial charge in [-0.05, 0) is 25.0 Å². The third kappa shape index (κ3) is 2.74. The predicted molar refractivity (Wildman–Crippen MR) is 67.7 cm³/mol. The number of aromatic nitrogens is 2. The van der Waals surface area contributed by atoms with E-state index in [1.54, 1.807) is 20.0 Å². The van der Waals surface area contributed by atoms with Crippen LogP contribution in [0.4, 0.5) is 0 Å². The maximum absolute atomic E-state index is 9.86. The summed E-state index contributed by atoms with van der Waals surface area (Å²) in [6.45, 7) is 3.58. The van der Waals surface area contributed by atoms with Crippen LogP contribution in [0.15, 0.2) is 36.7 Å². The molecule has 0 spiro atoms. The van der Waals surface area contributed by atoms with Gasteiger partial charge < -0.3 is 9.67 Å². The van der Waals surface area contributed by atoms with E-state index in [1.807, 2.05) is 42.1 Å². The molecule has 3 nitrogen and oxygen atoms in total. The number of hydrogen-bond donors (Lipinski definition) is 1. The van der Waals surface area contributed by atoms with Gasteiger partial charge in [0.15, 0.2) is 0 Å². The van der Waals surface area contributed by atoms with Gasteiger partial charge in [0.25, 0.3) is 0 Å². The van der Waals surface area contributed by atoms with Crippen molar-refractivity contribution in [1.82, 2.24) is 9.55 Å². The van der Waals surface area contributed by atoms with Crippen LogP contribution in [0.3, 0.4) is 0 Å². The van der Waals surface area contributed by atoms with E-state index in [-0.39, 0.29) is 0 Å². The number of imidazole rings is 1. The lowest BCUT2D eigenvalue weighted by atomic mass is 9.97. The van der Waals surface area contributed by atoms with Gasteiger partial charge in [-0.3, -0.25) is 0 Å². The van der Waals surface area contributed by atoms with Gasteiger partial charge in [0, 0.05) is 25.9 Å². The highest BCUT2D eigenvalue weighted by Crippen LogP contribution is 2.20. The number of aliphatic hydroxyl groups is 1. The SMILES string of the molecule is Cn1ccnc1Cc1ccc(C(C)(C)O)cc1. The van der Waals surface area contributed by atoms with Crippen molar-refractivity contribution in [2.24, 2.45) is 7.05 Å². The molecule has 0 radical (unpaired) electrons. The van der Waals surface area contributed by atoms with Crippen LogP contribution >= 0.6 is 0 Å². The van der Waals surface area contributed by atoms with Crippen LogP contribution in [-0.4, -0.2) is 14.7 Å². The number of nitrogens with zero attached hydrogens (tertiary/aromatic N) is 2. The van der Waals surface area contributed by atoms with Crippen LogP contribution in [0.25, 0.3) is 0 Å². The largest absolute Gasteiger partial charge is 0.386 e. The molecule has 0 saturated heterocycles. The number of hydrogen-bond acceptors (Lipinski definition) is 2. The molecule has 0 fully saturated rings. The summed E-state index contributed by atoms with van der Waals surface area (Å²) >= 11 is 0. The molecule has 3 heteroatoms. The standard InChI is InChI=1S/C14H18N2O/c1-14(2,17)12-6-4-11(5-7-12)10-13-15-8-9-16(13)3/h4-9,17H,10H2,1-3H3. The Morgan fingerprint density at radius 1 is 1.24 bits per heavy atom. The van der Waals surface area contributed by atoms with E-state index in [0.717, 1.165) is 17.8 Å². The zero-order valence-electron chi connectivity index (χ0n) is 10.5. The summed E-state index contributed by atoms with van der Waals surface area (Å²) in [5, 5.41) is 9.86. The molecule has 0 amide bonds. The molecule has 90 valence electrons. The van der Waals surface area contributed by atoms with E-state index >= 15 is 0 Å². The fraction of sp³-hybridized carbons (Fsp3) is 0.357. The van der Waals surface area contributed by atoms with E-state index in [4.69, 9.17) is 0 Å². The maximum atomic E-state index is 9.86. The lowest BCUT2D eigenvalue weighted by molar-refractivity contribution is 0.0786. The summed E-state index contributed by atoms with van der Waals surface area (Å²) in [4.78, 5) is 4.30. The summed E-state index contributed by atoms with van der Waals surface area (Å²) in [6.07, 6.45) is 4.57. The van der Waals surface area contributed by atoms with E-state index < -0.39 is 5.60 Å². The summed E-state index contributed by atoms with van der Waals surface area (Å²) in [7, 11) is 1.99. The van der Waals surface area contributed by atoms with Crippen molar-refractivity contribution in [1.29, 1.82) is 0 Å². The first-order chi connectivity index (χ1) is 7.97. The lowest BCUT2D eigenvalue weighted by Crippen LogP contribution is -2.15. The third-order valence-electron chi connectivity index (χ3n) is 2.94. The van der Waals surface area contributed by atoms with Gasteiger partial charge in [-0.15, -0.1) is 0 Å². The van der Waals surface area contributed by atoms with Gasteiger partial charge in [-0.25, -0.2) is 4.98 Å². The first-order valence-electron chi connectivity index (χ1n) is 5.75. The summed E-state index contributed by atoms with van der Waals surface area (Å²) in [5.41, 5.74) is 1.36. The number of rotatable bonds is 3. The molecule has 0 bridgehead atoms. The zero-order valence-corrected chi connectivity index (χ0v) is 10.5. The van der Waals surface area contributed by atoms with E-state index in [1.165, 1.54) is 5.56 Å². The monoisotopic (exact) mass is 230 g/mol. The van der Waals surface area contributed by atoms with Crippen molar-refractivity contribution in [3.63, 3.8) is 0 Å². The molecule has 0 aliphatic heterocycles. The highest BCUT2D eigenvalue weighted by molar-refractivity contribution is 5.28. The fourth-order valence-electron chi connectivity index (χ4n) is 1.78. The Labute approximate surface area is 102 Å². The average Bonchev–Trinajstić information content (AvgIpc) is 2.64. The van der Waals surface area contributed by atoms with E-state index in [0.29, 0.717) is 0 Å². The van der Waals surface area contributed by atoms with Gasteiger partial charge in [-0.1, -0.05) is 24.3 Å². The fourth-order valence-corrected chi connectivity index (χ4v) is 1.78. The predicted octanol–water partition coefficient (Wildman–Crippen LogP) is 2.24. The second kappa shape index (κ2) is 4.34. The van der Waals surface area contributed by atoms with Crippen LogP contribution in [0.2, 0.25) is 0 Å². The van der Waals surface area contributed by atoms with Crippen molar-refractivity contribution < 1.29 is 5.11 Å². The third-order valence-corrected chi connectivity index (χ3v) is 2.94. The summed E-state index contributed by atoms with van der Waals surface area (Å²) < 4.78 is 2.02. The Morgan fingerprint density at radius 2 is 1.88 bits per heavy atom. The maximum Gasteiger partial charge on any atom is 0.112 e. The van der Waals surface area contributed by atoms with Crippen molar-refractivity contribution >= 4 is 0 Å². The molecule has 2 rings (SSSR count). The normalized spacial score (nSPS) is 11.8. The number of benzene rings is 1. The van der Waals surface area contributed by atoms with Crippen LogP contribution < -0.4 is 0 Å². The zero-order chi connectivity index (χ0) is 12.5. The lowest BCUT2D eigenvalue weighted by Gasteiger charge is -2.17. The molecule has 1 heterocycles. The highest BCUT2D eigenvalue weighted by Gasteiger charge is 2.15. The van der Waals surface area contributed by atoms with Gasteiger partial charge in [0.2, 0.25) is 0 Å². The molecule has 0 saturated carbocycles. The molecular weight excluding hydrogens is 212 g/mol. The minimum Gasteiger partial charge on any atom is -0.386 e. The van der Waals surface area contributed by atoms with Crippen molar-refractivity contribution in [3.8, 4) is 0 Å². The minimum absolute atomic E-state index is 0.776. The molecule has 0 atom stereocenters. The van der Waals surface area contributed by atoms with Crippen LogP contribution in [-0.2, 0) is 19.1 Å². The molecule has 0 aliphatic carbocycles.